The van der Waals surface area contributed by atoms with Gasteiger partial charge in [-0.1, -0.05) is 19.1 Å². The summed E-state index contributed by atoms with van der Waals surface area (Å²) in [5.41, 5.74) is 10.3. The van der Waals surface area contributed by atoms with Gasteiger partial charge in [-0.3, -0.25) is 9.58 Å². The lowest BCUT2D eigenvalue weighted by molar-refractivity contribution is 0.307. The van der Waals surface area contributed by atoms with E-state index in [1.807, 2.05) is 12.1 Å². The van der Waals surface area contributed by atoms with Crippen LogP contribution in [-0.4, -0.2) is 21.7 Å². The fraction of sp³-hybridized carbons (Fsp3) is 0.438. The summed E-state index contributed by atoms with van der Waals surface area (Å²) in [6, 6.07) is 10.3. The number of hydrogen-bond acceptors (Lipinski definition) is 3. The Hall–Kier alpha value is -1.81. The minimum atomic E-state index is 0.813. The minimum absolute atomic E-state index is 0.813. The fourth-order valence-electron chi connectivity index (χ4n) is 2.36. The van der Waals surface area contributed by atoms with E-state index in [0.717, 1.165) is 31.7 Å². The summed E-state index contributed by atoms with van der Waals surface area (Å²) in [4.78, 5) is 2.30. The van der Waals surface area contributed by atoms with Gasteiger partial charge in [-0.05, 0) is 44.2 Å². The monoisotopic (exact) mass is 272 g/mol. The second kappa shape index (κ2) is 6.57. The number of benzene rings is 1. The van der Waals surface area contributed by atoms with Gasteiger partial charge in [0, 0.05) is 25.3 Å². The molecule has 0 bridgehead atoms. The van der Waals surface area contributed by atoms with Crippen molar-refractivity contribution in [1.29, 1.82) is 0 Å². The predicted molar refractivity (Wildman–Crippen MR) is 83.3 cm³/mol. The van der Waals surface area contributed by atoms with E-state index in [1.165, 1.54) is 17.0 Å². The molecule has 1 heterocycles. The van der Waals surface area contributed by atoms with Crippen molar-refractivity contribution >= 4 is 5.69 Å². The van der Waals surface area contributed by atoms with E-state index in [9.17, 15) is 0 Å². The molecular formula is C16H24N4. The highest BCUT2D eigenvalue weighted by Crippen LogP contribution is 2.12. The van der Waals surface area contributed by atoms with Crippen molar-refractivity contribution < 1.29 is 0 Å². The maximum atomic E-state index is 5.71. The van der Waals surface area contributed by atoms with Crippen LogP contribution in [0.4, 0.5) is 5.69 Å². The Balaban J connectivity index is 2.02. The van der Waals surface area contributed by atoms with Gasteiger partial charge in [0.25, 0.3) is 0 Å². The molecule has 0 saturated heterocycles. The van der Waals surface area contributed by atoms with E-state index < -0.39 is 0 Å². The molecule has 0 radical (unpaired) electrons. The van der Waals surface area contributed by atoms with Gasteiger partial charge in [0.1, 0.15) is 0 Å². The van der Waals surface area contributed by atoms with Crippen molar-refractivity contribution in [1.82, 2.24) is 14.7 Å². The number of anilines is 1. The van der Waals surface area contributed by atoms with Gasteiger partial charge in [0.05, 0.1) is 11.4 Å². The highest BCUT2D eigenvalue weighted by molar-refractivity contribution is 5.39. The van der Waals surface area contributed by atoms with Crippen LogP contribution in [0.5, 0.6) is 0 Å². The van der Waals surface area contributed by atoms with E-state index in [-0.39, 0.29) is 0 Å². The van der Waals surface area contributed by atoms with Crippen LogP contribution in [0.2, 0.25) is 0 Å². The molecule has 1 aromatic heterocycles. The SMILES string of the molecule is CCc1cc(CN(C)Cc2ccc(N)cc2)n(CC)n1. The first-order valence-corrected chi connectivity index (χ1v) is 7.21. The lowest BCUT2D eigenvalue weighted by Crippen LogP contribution is -2.19. The van der Waals surface area contributed by atoms with Gasteiger partial charge in [-0.25, -0.2) is 0 Å². The van der Waals surface area contributed by atoms with E-state index in [1.54, 1.807) is 0 Å². The number of aryl methyl sites for hydroxylation is 2. The van der Waals surface area contributed by atoms with Crippen molar-refractivity contribution in [3.05, 3.63) is 47.3 Å². The zero-order valence-electron chi connectivity index (χ0n) is 12.6. The van der Waals surface area contributed by atoms with Crippen LogP contribution in [0.3, 0.4) is 0 Å². The van der Waals surface area contributed by atoms with Gasteiger partial charge in [-0.2, -0.15) is 5.10 Å². The van der Waals surface area contributed by atoms with Gasteiger partial charge < -0.3 is 5.73 Å². The van der Waals surface area contributed by atoms with Crippen molar-refractivity contribution in [2.24, 2.45) is 0 Å². The Labute approximate surface area is 121 Å². The molecule has 0 aliphatic carbocycles. The van der Waals surface area contributed by atoms with Crippen molar-refractivity contribution in [2.45, 2.75) is 39.9 Å². The summed E-state index contributed by atoms with van der Waals surface area (Å²) in [6.45, 7) is 7.02. The maximum absolute atomic E-state index is 5.71. The molecule has 0 aliphatic rings. The molecule has 0 fully saturated rings. The molecule has 108 valence electrons. The summed E-state index contributed by atoms with van der Waals surface area (Å²) in [5.74, 6) is 0. The molecule has 0 spiro atoms. The normalized spacial score (nSPS) is 11.2. The predicted octanol–water partition coefficient (Wildman–Crippen LogP) is 2.68. The molecule has 0 atom stereocenters. The Morgan fingerprint density at radius 3 is 2.45 bits per heavy atom. The topological polar surface area (TPSA) is 47.1 Å². The molecule has 1 aromatic carbocycles. The maximum Gasteiger partial charge on any atom is 0.0625 e. The van der Waals surface area contributed by atoms with Gasteiger partial charge in [0.2, 0.25) is 0 Å². The molecule has 20 heavy (non-hydrogen) atoms. The van der Waals surface area contributed by atoms with Crippen LogP contribution >= 0.6 is 0 Å². The molecular weight excluding hydrogens is 248 g/mol. The third-order valence-electron chi connectivity index (χ3n) is 3.44. The second-order valence-corrected chi connectivity index (χ2v) is 5.21. The largest absolute Gasteiger partial charge is 0.399 e. The Morgan fingerprint density at radius 2 is 1.85 bits per heavy atom. The standard InChI is InChI=1S/C16H24N4/c1-4-15-10-16(20(5-2)18-15)12-19(3)11-13-6-8-14(17)9-7-13/h6-10H,4-5,11-12,17H2,1-3H3. The van der Waals surface area contributed by atoms with Crippen molar-refractivity contribution in [3.8, 4) is 0 Å². The lowest BCUT2D eigenvalue weighted by atomic mass is 10.2. The summed E-state index contributed by atoms with van der Waals surface area (Å²) < 4.78 is 2.10. The van der Waals surface area contributed by atoms with Crippen LogP contribution in [0, 0.1) is 0 Å². The fourth-order valence-corrected chi connectivity index (χ4v) is 2.36. The highest BCUT2D eigenvalue weighted by atomic mass is 15.3. The van der Waals surface area contributed by atoms with Gasteiger partial charge in [-0.15, -0.1) is 0 Å². The summed E-state index contributed by atoms with van der Waals surface area (Å²) in [7, 11) is 2.13. The van der Waals surface area contributed by atoms with E-state index >= 15 is 0 Å². The first-order chi connectivity index (χ1) is 9.62. The summed E-state index contributed by atoms with van der Waals surface area (Å²) >= 11 is 0. The summed E-state index contributed by atoms with van der Waals surface area (Å²) in [6.07, 6.45) is 0.988. The second-order valence-electron chi connectivity index (χ2n) is 5.21. The zero-order chi connectivity index (χ0) is 14.5. The van der Waals surface area contributed by atoms with E-state index in [0.29, 0.717) is 0 Å². The van der Waals surface area contributed by atoms with Crippen molar-refractivity contribution in [2.75, 3.05) is 12.8 Å². The molecule has 4 heteroatoms. The highest BCUT2D eigenvalue weighted by Gasteiger charge is 2.08. The Morgan fingerprint density at radius 1 is 1.15 bits per heavy atom. The number of nitrogen functional groups attached to an aromatic ring is 1. The minimum Gasteiger partial charge on any atom is -0.399 e. The number of nitrogens with two attached hydrogens (primary N) is 1. The smallest absolute Gasteiger partial charge is 0.0625 e. The quantitative estimate of drug-likeness (QED) is 0.822. The number of nitrogens with zero attached hydrogens (tertiary/aromatic N) is 3. The molecule has 2 rings (SSSR count). The summed E-state index contributed by atoms with van der Waals surface area (Å²) in [5, 5.41) is 4.59. The molecule has 0 saturated carbocycles. The molecule has 2 aromatic rings. The van der Waals surface area contributed by atoms with E-state index in [2.05, 4.69) is 53.8 Å². The van der Waals surface area contributed by atoms with Crippen LogP contribution in [0.15, 0.2) is 30.3 Å². The average Bonchev–Trinajstić information content (AvgIpc) is 2.83. The molecule has 2 N–H and O–H groups in total. The zero-order valence-corrected chi connectivity index (χ0v) is 12.6. The lowest BCUT2D eigenvalue weighted by Gasteiger charge is -2.17. The first-order valence-electron chi connectivity index (χ1n) is 7.21. The molecule has 0 unspecified atom stereocenters. The molecule has 0 amide bonds. The van der Waals surface area contributed by atoms with Crippen LogP contribution in [-0.2, 0) is 26.1 Å². The van der Waals surface area contributed by atoms with Crippen LogP contribution in [0.25, 0.3) is 0 Å². The number of hydrogen-bond donors (Lipinski definition) is 1. The van der Waals surface area contributed by atoms with Crippen LogP contribution < -0.4 is 5.73 Å². The molecule has 4 nitrogen and oxygen atoms in total. The number of rotatable bonds is 6. The van der Waals surface area contributed by atoms with Crippen LogP contribution in [0.1, 0.15) is 30.8 Å². The number of aromatic nitrogens is 2. The Bertz CT molecular complexity index is 542. The van der Waals surface area contributed by atoms with Crippen molar-refractivity contribution in [3.63, 3.8) is 0 Å². The third-order valence-corrected chi connectivity index (χ3v) is 3.44. The molecule has 0 aliphatic heterocycles. The Kier molecular flexibility index (Phi) is 4.79. The van der Waals surface area contributed by atoms with Gasteiger partial charge >= 0.3 is 0 Å². The average molecular weight is 272 g/mol. The first kappa shape index (κ1) is 14.6. The van der Waals surface area contributed by atoms with E-state index in [4.69, 9.17) is 5.73 Å². The van der Waals surface area contributed by atoms with Gasteiger partial charge in [0.15, 0.2) is 0 Å². The third kappa shape index (κ3) is 3.61.